The lowest BCUT2D eigenvalue weighted by Gasteiger charge is -2.34. The molecule has 0 bridgehead atoms. The number of halogens is 1. The number of hydrogen-bond acceptors (Lipinski definition) is 8. The number of sulfonamides is 1. The van der Waals surface area contributed by atoms with Crippen molar-refractivity contribution < 1.29 is 23.0 Å². The zero-order chi connectivity index (χ0) is 29.0. The van der Waals surface area contributed by atoms with Crippen molar-refractivity contribution in [2.75, 3.05) is 43.0 Å². The van der Waals surface area contributed by atoms with Crippen LogP contribution in [0.1, 0.15) is 12.8 Å². The highest BCUT2D eigenvalue weighted by Crippen LogP contribution is 2.30. The van der Waals surface area contributed by atoms with Crippen LogP contribution >= 0.6 is 15.9 Å². The molecule has 1 fully saturated rings. The van der Waals surface area contributed by atoms with Crippen LogP contribution in [0.3, 0.4) is 0 Å². The number of aliphatic hydroxyl groups excluding tert-OH is 1. The van der Waals surface area contributed by atoms with Crippen LogP contribution in [0.15, 0.2) is 74.8 Å². The summed E-state index contributed by atoms with van der Waals surface area (Å²) in [7, 11) is -2.40. The van der Waals surface area contributed by atoms with Crippen LogP contribution in [0.5, 0.6) is 11.5 Å². The fraction of sp³-hybridized carbons (Fsp3) is 0.321. The van der Waals surface area contributed by atoms with Crippen molar-refractivity contribution in [3.63, 3.8) is 0 Å². The van der Waals surface area contributed by atoms with Crippen molar-refractivity contribution in [3.05, 3.63) is 75.6 Å². The molecule has 2 heterocycles. The maximum absolute atomic E-state index is 13.0. The number of aliphatic hydroxyl groups is 1. The highest BCUT2D eigenvalue weighted by Gasteiger charge is 2.22. The third kappa shape index (κ3) is 7.04. The molecule has 0 amide bonds. The smallest absolute Gasteiger partial charge is 0.323 e. The Morgan fingerprint density at radius 1 is 1.07 bits per heavy atom. The first-order valence-corrected chi connectivity index (χ1v) is 15.5. The molecular formula is C28H32BrN5O6S. The molecule has 41 heavy (non-hydrogen) atoms. The van der Waals surface area contributed by atoms with E-state index in [-0.39, 0.29) is 29.0 Å². The van der Waals surface area contributed by atoms with Gasteiger partial charge in [0.15, 0.2) is 0 Å². The highest BCUT2D eigenvalue weighted by atomic mass is 79.9. The van der Waals surface area contributed by atoms with E-state index in [9.17, 15) is 18.3 Å². The van der Waals surface area contributed by atoms with Crippen molar-refractivity contribution >= 4 is 48.4 Å². The molecule has 5 N–H and O–H groups in total. The Bertz CT molecular complexity index is 1650. The zero-order valence-electron chi connectivity index (χ0n) is 22.4. The van der Waals surface area contributed by atoms with Gasteiger partial charge in [0.2, 0.25) is 0 Å². The van der Waals surface area contributed by atoms with E-state index in [0.717, 1.165) is 31.6 Å². The van der Waals surface area contributed by atoms with Crippen LogP contribution < -0.4 is 30.1 Å². The average Bonchev–Trinajstić information content (AvgIpc) is 3.36. The summed E-state index contributed by atoms with van der Waals surface area (Å²) in [6, 6.07) is 17.7. The number of aromatic amines is 2. The molecular weight excluding hydrogens is 614 g/mol. The number of nitrogens with one attached hydrogen (secondary N) is 4. The molecule has 13 heteroatoms. The molecule has 1 saturated heterocycles. The number of ether oxygens (including phenoxy) is 2. The summed E-state index contributed by atoms with van der Waals surface area (Å²) in [6.45, 7) is 2.14. The van der Waals surface area contributed by atoms with Gasteiger partial charge in [-0.1, -0.05) is 22.0 Å². The van der Waals surface area contributed by atoms with E-state index in [1.807, 2.05) is 12.1 Å². The van der Waals surface area contributed by atoms with Gasteiger partial charge in [-0.3, -0.25) is 4.72 Å². The van der Waals surface area contributed by atoms with Gasteiger partial charge in [0, 0.05) is 41.5 Å². The summed E-state index contributed by atoms with van der Waals surface area (Å²) in [5.41, 5.74) is 2.41. The minimum absolute atomic E-state index is 0.0547. The number of imidazole rings is 1. The largest absolute Gasteiger partial charge is 0.495 e. The standard InChI is InChI=1S/C28H32BrN5O6S/c1-39-24-10-5-18(29)15-26(24)41(37,38)33-20-6-8-21(9-7-20)34-13-11-19(12-14-34)30-16-22(35)17-40-25-4-2-3-23-27(25)32-28(36)31-23/h2-10,15,19,22,30,33,35H,11-14,16-17H2,1H3,(H2,31,32,36)/t22-/m0/s1. The van der Waals surface area contributed by atoms with Gasteiger partial charge in [0.1, 0.15) is 34.6 Å². The summed E-state index contributed by atoms with van der Waals surface area (Å²) < 4.78 is 40.2. The van der Waals surface area contributed by atoms with Gasteiger partial charge in [0.05, 0.1) is 12.6 Å². The second-order valence-corrected chi connectivity index (χ2v) is 12.4. The minimum Gasteiger partial charge on any atom is -0.495 e. The lowest BCUT2D eigenvalue weighted by atomic mass is 10.0. The van der Waals surface area contributed by atoms with Crippen molar-refractivity contribution in [2.45, 2.75) is 29.9 Å². The number of piperidine rings is 1. The van der Waals surface area contributed by atoms with E-state index >= 15 is 0 Å². The van der Waals surface area contributed by atoms with Gasteiger partial charge in [-0.05, 0) is 67.4 Å². The van der Waals surface area contributed by atoms with Gasteiger partial charge in [-0.25, -0.2) is 13.2 Å². The second-order valence-electron chi connectivity index (χ2n) is 9.84. The number of hydrogen-bond donors (Lipinski definition) is 5. The summed E-state index contributed by atoms with van der Waals surface area (Å²) >= 11 is 3.31. The van der Waals surface area contributed by atoms with Crippen LogP contribution in [-0.4, -0.2) is 69.0 Å². The summed E-state index contributed by atoms with van der Waals surface area (Å²) in [5.74, 6) is 0.778. The molecule has 0 aliphatic carbocycles. The molecule has 4 aromatic rings. The Kier molecular flexibility index (Phi) is 8.88. The molecule has 11 nitrogen and oxygen atoms in total. The molecule has 1 aromatic heterocycles. The number of benzene rings is 3. The Balaban J connectivity index is 1.08. The first kappa shape index (κ1) is 29.0. The zero-order valence-corrected chi connectivity index (χ0v) is 24.8. The Labute approximate surface area is 246 Å². The number of nitrogens with zero attached hydrogens (tertiary/aromatic N) is 1. The van der Waals surface area contributed by atoms with Gasteiger partial charge in [-0.2, -0.15) is 0 Å². The highest BCUT2D eigenvalue weighted by molar-refractivity contribution is 9.10. The van der Waals surface area contributed by atoms with Crippen LogP contribution in [-0.2, 0) is 10.0 Å². The van der Waals surface area contributed by atoms with Crippen molar-refractivity contribution in [1.82, 2.24) is 15.3 Å². The van der Waals surface area contributed by atoms with Crippen LogP contribution in [0.2, 0.25) is 0 Å². The fourth-order valence-corrected chi connectivity index (χ4v) is 6.62. The monoisotopic (exact) mass is 645 g/mol. The number of para-hydroxylation sites is 1. The Hall–Kier alpha value is -3.52. The first-order valence-electron chi connectivity index (χ1n) is 13.2. The maximum atomic E-state index is 13.0. The van der Waals surface area contributed by atoms with Crippen molar-refractivity contribution in [3.8, 4) is 11.5 Å². The molecule has 1 aliphatic heterocycles. The predicted octanol–water partition coefficient (Wildman–Crippen LogP) is 3.43. The summed E-state index contributed by atoms with van der Waals surface area (Å²) in [4.78, 5) is 19.3. The lowest BCUT2D eigenvalue weighted by Crippen LogP contribution is -2.45. The van der Waals surface area contributed by atoms with Gasteiger partial charge in [0.25, 0.3) is 10.0 Å². The molecule has 1 atom stereocenters. The molecule has 1 aliphatic rings. The van der Waals surface area contributed by atoms with Gasteiger partial charge in [-0.15, -0.1) is 0 Å². The summed E-state index contributed by atoms with van der Waals surface area (Å²) in [6.07, 6.45) is 1.09. The molecule has 218 valence electrons. The van der Waals surface area contributed by atoms with Crippen LogP contribution in [0.25, 0.3) is 11.0 Å². The Morgan fingerprint density at radius 2 is 1.83 bits per heavy atom. The van der Waals surface area contributed by atoms with E-state index in [1.165, 1.54) is 13.2 Å². The molecule has 3 aromatic carbocycles. The second kappa shape index (κ2) is 12.6. The van der Waals surface area contributed by atoms with E-state index < -0.39 is 16.1 Å². The number of fused-ring (bicyclic) bond motifs is 1. The third-order valence-electron chi connectivity index (χ3n) is 6.98. The van der Waals surface area contributed by atoms with Crippen LogP contribution in [0.4, 0.5) is 11.4 Å². The molecule has 0 unspecified atom stereocenters. The Morgan fingerprint density at radius 3 is 2.56 bits per heavy atom. The summed E-state index contributed by atoms with van der Waals surface area (Å²) in [5, 5.41) is 13.9. The van der Waals surface area contributed by atoms with E-state index in [2.05, 4.69) is 40.8 Å². The molecule has 0 radical (unpaired) electrons. The van der Waals surface area contributed by atoms with E-state index in [4.69, 9.17) is 9.47 Å². The number of rotatable bonds is 11. The molecule has 5 rings (SSSR count). The molecule has 0 saturated carbocycles. The SMILES string of the molecule is COc1ccc(Br)cc1S(=O)(=O)Nc1ccc(N2CCC(NC[C@H](O)COc3cccc4[nH]c(=O)[nH]c34)CC2)cc1. The minimum atomic E-state index is -3.84. The van der Waals surface area contributed by atoms with E-state index in [0.29, 0.717) is 33.5 Å². The normalized spacial score (nSPS) is 15.1. The quantitative estimate of drug-likeness (QED) is 0.167. The lowest BCUT2D eigenvalue weighted by molar-refractivity contribution is 0.103. The fourth-order valence-electron chi connectivity index (χ4n) is 4.85. The number of H-pyrrole nitrogens is 2. The number of anilines is 2. The third-order valence-corrected chi connectivity index (χ3v) is 8.88. The topological polar surface area (TPSA) is 149 Å². The van der Waals surface area contributed by atoms with Crippen molar-refractivity contribution in [2.24, 2.45) is 0 Å². The predicted molar refractivity (Wildman–Crippen MR) is 162 cm³/mol. The van der Waals surface area contributed by atoms with Gasteiger partial charge < -0.3 is 34.8 Å². The maximum Gasteiger partial charge on any atom is 0.323 e. The average molecular weight is 647 g/mol. The number of methoxy groups -OCH3 is 1. The van der Waals surface area contributed by atoms with Gasteiger partial charge >= 0.3 is 5.69 Å². The van der Waals surface area contributed by atoms with Crippen molar-refractivity contribution in [1.29, 1.82) is 0 Å². The first-order chi connectivity index (χ1) is 19.7. The van der Waals surface area contributed by atoms with E-state index in [1.54, 1.807) is 42.5 Å². The number of aromatic nitrogens is 2. The molecule has 0 spiro atoms. The van der Waals surface area contributed by atoms with Crippen LogP contribution in [0, 0.1) is 0 Å².